The molecule has 0 aliphatic rings. The lowest BCUT2D eigenvalue weighted by Gasteiger charge is -2.11. The fourth-order valence-corrected chi connectivity index (χ4v) is 1.94. The lowest BCUT2D eigenvalue weighted by molar-refractivity contribution is 0.746. The fraction of sp³-hybridized carbons (Fsp3) is 0.273. The first-order chi connectivity index (χ1) is 7.61. The van der Waals surface area contributed by atoms with Crippen LogP contribution in [-0.4, -0.2) is 14.8 Å². The van der Waals surface area contributed by atoms with Crippen molar-refractivity contribution >= 4 is 23.2 Å². The fourth-order valence-electron chi connectivity index (χ4n) is 1.51. The van der Waals surface area contributed by atoms with Gasteiger partial charge in [-0.05, 0) is 23.7 Å². The van der Waals surface area contributed by atoms with Crippen LogP contribution in [0.25, 0.3) is 5.69 Å². The molecule has 3 nitrogen and oxygen atoms in total. The summed E-state index contributed by atoms with van der Waals surface area (Å²) < 4.78 is 1.77. The first-order valence-electron chi connectivity index (χ1n) is 4.97. The molecule has 0 atom stereocenters. The molecular weight excluding hydrogens is 245 g/mol. The number of hydrogen-bond donors (Lipinski definition) is 0. The van der Waals surface area contributed by atoms with E-state index in [4.69, 9.17) is 23.2 Å². The highest BCUT2D eigenvalue weighted by molar-refractivity contribution is 6.33. The van der Waals surface area contributed by atoms with Crippen LogP contribution in [-0.2, 0) is 0 Å². The molecule has 0 N–H and O–H groups in total. The molecule has 0 unspecified atom stereocenters. The van der Waals surface area contributed by atoms with Gasteiger partial charge in [0.25, 0.3) is 0 Å². The van der Waals surface area contributed by atoms with E-state index in [1.54, 1.807) is 4.57 Å². The lowest BCUT2D eigenvalue weighted by atomic mass is 10.2. The van der Waals surface area contributed by atoms with Gasteiger partial charge in [-0.1, -0.05) is 37.6 Å². The maximum absolute atomic E-state index is 6.13. The molecule has 0 amide bonds. The van der Waals surface area contributed by atoms with Gasteiger partial charge in [0.05, 0.1) is 10.7 Å². The largest absolute Gasteiger partial charge is 0.268 e. The molecule has 2 aromatic rings. The Morgan fingerprint density at radius 3 is 2.44 bits per heavy atom. The first-order valence-corrected chi connectivity index (χ1v) is 5.72. The highest BCUT2D eigenvalue weighted by Crippen LogP contribution is 2.27. The molecule has 0 radical (unpaired) electrons. The van der Waals surface area contributed by atoms with Gasteiger partial charge in [0, 0.05) is 5.92 Å². The Morgan fingerprint density at radius 1 is 1.12 bits per heavy atom. The van der Waals surface area contributed by atoms with Crippen LogP contribution in [0.5, 0.6) is 0 Å². The number of rotatable bonds is 2. The third kappa shape index (κ3) is 1.93. The predicted octanol–water partition coefficient (Wildman–Crippen LogP) is 3.70. The number of halogens is 2. The Kier molecular flexibility index (Phi) is 3.17. The second kappa shape index (κ2) is 4.44. The van der Waals surface area contributed by atoms with Crippen molar-refractivity contribution in [2.24, 2.45) is 0 Å². The average molecular weight is 256 g/mol. The van der Waals surface area contributed by atoms with E-state index in [9.17, 15) is 0 Å². The van der Waals surface area contributed by atoms with Gasteiger partial charge in [0.1, 0.15) is 5.82 Å². The molecule has 0 bridgehead atoms. The molecular formula is C11H11Cl2N3. The second-order valence-corrected chi connectivity index (χ2v) is 4.51. The van der Waals surface area contributed by atoms with Gasteiger partial charge in [-0.25, -0.2) is 0 Å². The van der Waals surface area contributed by atoms with E-state index in [-0.39, 0.29) is 5.92 Å². The van der Waals surface area contributed by atoms with E-state index in [1.165, 1.54) is 0 Å². The lowest BCUT2D eigenvalue weighted by Crippen LogP contribution is -2.03. The van der Waals surface area contributed by atoms with Crippen molar-refractivity contribution in [3.63, 3.8) is 0 Å². The maximum Gasteiger partial charge on any atom is 0.229 e. The summed E-state index contributed by atoms with van der Waals surface area (Å²) in [5.74, 6) is 1.04. The quantitative estimate of drug-likeness (QED) is 0.820. The van der Waals surface area contributed by atoms with Gasteiger partial charge in [-0.3, -0.25) is 4.57 Å². The van der Waals surface area contributed by atoms with Crippen LogP contribution in [0.3, 0.4) is 0 Å². The van der Waals surface area contributed by atoms with Gasteiger partial charge < -0.3 is 0 Å². The number of para-hydroxylation sites is 1. The van der Waals surface area contributed by atoms with Crippen LogP contribution in [0, 0.1) is 0 Å². The van der Waals surface area contributed by atoms with E-state index in [0.717, 1.165) is 11.5 Å². The summed E-state index contributed by atoms with van der Waals surface area (Å²) in [5, 5.41) is 8.89. The number of nitrogens with zero attached hydrogens (tertiary/aromatic N) is 3. The third-order valence-electron chi connectivity index (χ3n) is 2.26. The van der Waals surface area contributed by atoms with Crippen LogP contribution in [0.15, 0.2) is 24.3 Å². The highest BCUT2D eigenvalue weighted by atomic mass is 35.5. The molecule has 0 aliphatic heterocycles. The Labute approximate surface area is 104 Å². The Morgan fingerprint density at radius 2 is 1.81 bits per heavy atom. The molecule has 0 fully saturated rings. The Bertz CT molecular complexity index is 506. The molecule has 1 aromatic carbocycles. The molecule has 0 aliphatic carbocycles. The zero-order chi connectivity index (χ0) is 11.7. The molecule has 0 saturated heterocycles. The highest BCUT2D eigenvalue weighted by Gasteiger charge is 2.16. The summed E-state index contributed by atoms with van der Waals surface area (Å²) in [7, 11) is 0. The van der Waals surface area contributed by atoms with E-state index >= 15 is 0 Å². The van der Waals surface area contributed by atoms with Crippen molar-refractivity contribution in [3.05, 3.63) is 40.4 Å². The minimum Gasteiger partial charge on any atom is -0.268 e. The first kappa shape index (κ1) is 11.4. The maximum atomic E-state index is 6.13. The SMILES string of the molecule is CC(C)c1nnc(Cl)n1-c1ccccc1Cl. The average Bonchev–Trinajstić information content (AvgIpc) is 2.61. The van der Waals surface area contributed by atoms with Gasteiger partial charge in [-0.2, -0.15) is 0 Å². The summed E-state index contributed by atoms with van der Waals surface area (Å²) in [6.07, 6.45) is 0. The summed E-state index contributed by atoms with van der Waals surface area (Å²) in [6, 6.07) is 7.49. The molecule has 16 heavy (non-hydrogen) atoms. The van der Waals surface area contributed by atoms with Crippen LogP contribution in [0.4, 0.5) is 0 Å². The van der Waals surface area contributed by atoms with Crippen molar-refractivity contribution in [1.82, 2.24) is 14.8 Å². The molecule has 5 heteroatoms. The smallest absolute Gasteiger partial charge is 0.229 e. The number of aromatic nitrogens is 3. The minimum atomic E-state index is 0.233. The van der Waals surface area contributed by atoms with E-state index in [0.29, 0.717) is 10.3 Å². The minimum absolute atomic E-state index is 0.233. The van der Waals surface area contributed by atoms with Crippen molar-refractivity contribution in [2.75, 3.05) is 0 Å². The summed E-state index contributed by atoms with van der Waals surface area (Å²) in [6.45, 7) is 4.07. The van der Waals surface area contributed by atoms with Gasteiger partial charge in [0.15, 0.2) is 0 Å². The zero-order valence-corrected chi connectivity index (χ0v) is 10.5. The number of hydrogen-bond acceptors (Lipinski definition) is 2. The van der Waals surface area contributed by atoms with E-state index in [2.05, 4.69) is 10.2 Å². The van der Waals surface area contributed by atoms with Crippen LogP contribution < -0.4 is 0 Å². The normalized spacial score (nSPS) is 11.1. The molecule has 84 valence electrons. The molecule has 2 rings (SSSR count). The number of benzene rings is 1. The van der Waals surface area contributed by atoms with Crippen molar-refractivity contribution in [2.45, 2.75) is 19.8 Å². The molecule has 0 spiro atoms. The molecule has 1 heterocycles. The van der Waals surface area contributed by atoms with Crippen molar-refractivity contribution < 1.29 is 0 Å². The Hall–Kier alpha value is -1.06. The Balaban J connectivity index is 2.64. The summed E-state index contributed by atoms with van der Waals surface area (Å²) >= 11 is 12.2. The monoisotopic (exact) mass is 255 g/mol. The van der Waals surface area contributed by atoms with E-state index < -0.39 is 0 Å². The summed E-state index contributed by atoms with van der Waals surface area (Å²) in [5.41, 5.74) is 0.808. The third-order valence-corrected chi connectivity index (χ3v) is 2.82. The van der Waals surface area contributed by atoms with Crippen molar-refractivity contribution in [3.8, 4) is 5.69 Å². The van der Waals surface area contributed by atoms with Crippen LogP contribution >= 0.6 is 23.2 Å². The second-order valence-electron chi connectivity index (χ2n) is 3.77. The van der Waals surface area contributed by atoms with E-state index in [1.807, 2.05) is 38.1 Å². The topological polar surface area (TPSA) is 30.7 Å². The van der Waals surface area contributed by atoms with Gasteiger partial charge >= 0.3 is 0 Å². The van der Waals surface area contributed by atoms with Crippen LogP contribution in [0.1, 0.15) is 25.6 Å². The van der Waals surface area contributed by atoms with Crippen molar-refractivity contribution in [1.29, 1.82) is 0 Å². The zero-order valence-electron chi connectivity index (χ0n) is 8.98. The summed E-state index contributed by atoms with van der Waals surface area (Å²) in [4.78, 5) is 0. The standard InChI is InChI=1S/C11H11Cl2N3/c1-7(2)10-14-15-11(13)16(10)9-6-4-3-5-8(9)12/h3-7H,1-2H3. The van der Waals surface area contributed by atoms with Gasteiger partial charge in [0.2, 0.25) is 5.28 Å². The van der Waals surface area contributed by atoms with Crippen LogP contribution in [0.2, 0.25) is 10.3 Å². The molecule has 1 aromatic heterocycles. The molecule has 0 saturated carbocycles. The van der Waals surface area contributed by atoms with Gasteiger partial charge in [-0.15, -0.1) is 10.2 Å². The predicted molar refractivity (Wildman–Crippen MR) is 65.5 cm³/mol.